The molecular weight excluding hydrogens is 290 g/mol. The van der Waals surface area contributed by atoms with E-state index < -0.39 is 0 Å². The third kappa shape index (κ3) is 3.06. The number of nitrogens with zero attached hydrogens (tertiary/aromatic N) is 5. The van der Waals surface area contributed by atoms with Gasteiger partial charge in [-0.1, -0.05) is 18.2 Å². The number of aryl methyl sites for hydroxylation is 1. The van der Waals surface area contributed by atoms with Gasteiger partial charge in [0.15, 0.2) is 5.82 Å². The lowest BCUT2D eigenvalue weighted by molar-refractivity contribution is 0.262. The Morgan fingerprint density at radius 2 is 2.13 bits per heavy atom. The van der Waals surface area contributed by atoms with Gasteiger partial charge in [0, 0.05) is 19.2 Å². The zero-order valence-corrected chi connectivity index (χ0v) is 13.3. The van der Waals surface area contributed by atoms with Gasteiger partial charge < -0.3 is 10.0 Å². The average Bonchev–Trinajstić information content (AvgIpc) is 3.00. The van der Waals surface area contributed by atoms with Gasteiger partial charge >= 0.3 is 0 Å². The highest BCUT2D eigenvalue weighted by atomic mass is 16.3. The third-order valence-electron chi connectivity index (χ3n) is 4.39. The van der Waals surface area contributed by atoms with Crippen LogP contribution in [0.1, 0.15) is 36.9 Å². The Kier molecular flexibility index (Phi) is 4.58. The minimum atomic E-state index is 0.148. The summed E-state index contributed by atoms with van der Waals surface area (Å²) in [4.78, 5) is 3.69. The van der Waals surface area contributed by atoms with Crippen LogP contribution in [0.5, 0.6) is 0 Å². The van der Waals surface area contributed by atoms with Gasteiger partial charge in [-0.3, -0.25) is 0 Å². The molecule has 1 saturated heterocycles. The van der Waals surface area contributed by atoms with Crippen molar-refractivity contribution in [2.75, 3.05) is 18.1 Å². The zero-order valence-electron chi connectivity index (χ0n) is 13.3. The normalized spacial score (nSPS) is 18.0. The number of benzene rings is 1. The van der Waals surface area contributed by atoms with Crippen LogP contribution in [0.15, 0.2) is 24.3 Å². The maximum Gasteiger partial charge on any atom is 0.207 e. The third-order valence-corrected chi connectivity index (χ3v) is 4.39. The van der Waals surface area contributed by atoms with E-state index in [4.69, 9.17) is 0 Å². The molecule has 1 unspecified atom stereocenters. The molecular formula is C17H21N5O. The van der Waals surface area contributed by atoms with Crippen LogP contribution >= 0.6 is 0 Å². The van der Waals surface area contributed by atoms with Crippen molar-refractivity contribution in [3.63, 3.8) is 0 Å². The summed E-state index contributed by atoms with van der Waals surface area (Å²) in [5, 5.41) is 27.7. The number of hydrogen-bond donors (Lipinski definition) is 1. The fourth-order valence-corrected chi connectivity index (χ4v) is 3.19. The highest BCUT2D eigenvalue weighted by Gasteiger charge is 2.27. The summed E-state index contributed by atoms with van der Waals surface area (Å²) in [7, 11) is 0. The quantitative estimate of drug-likeness (QED) is 0.936. The molecule has 120 valence electrons. The summed E-state index contributed by atoms with van der Waals surface area (Å²) >= 11 is 0. The monoisotopic (exact) mass is 311 g/mol. The molecule has 0 amide bonds. The van der Waals surface area contributed by atoms with Crippen molar-refractivity contribution in [2.24, 2.45) is 0 Å². The van der Waals surface area contributed by atoms with Crippen LogP contribution in [0.25, 0.3) is 5.69 Å². The fourth-order valence-electron chi connectivity index (χ4n) is 3.19. The molecule has 2 aromatic rings. The predicted molar refractivity (Wildman–Crippen MR) is 87.5 cm³/mol. The maximum atomic E-state index is 9.45. The molecule has 6 heteroatoms. The largest absolute Gasteiger partial charge is 0.396 e. The zero-order chi connectivity index (χ0) is 16.2. The van der Waals surface area contributed by atoms with Crippen LogP contribution in [0, 0.1) is 18.3 Å². The first-order valence-electron chi connectivity index (χ1n) is 8.05. The number of rotatable bonds is 4. The van der Waals surface area contributed by atoms with Crippen molar-refractivity contribution in [2.45, 2.75) is 38.6 Å². The Labute approximate surface area is 136 Å². The summed E-state index contributed by atoms with van der Waals surface area (Å²) in [6.45, 7) is 3.00. The van der Waals surface area contributed by atoms with Crippen LogP contribution < -0.4 is 4.90 Å². The average molecular weight is 311 g/mol. The van der Waals surface area contributed by atoms with Crippen LogP contribution in [0.2, 0.25) is 0 Å². The van der Waals surface area contributed by atoms with E-state index in [1.54, 1.807) is 4.80 Å². The number of aliphatic hydroxyl groups excluding tert-OH is 1. The van der Waals surface area contributed by atoms with Crippen LogP contribution in [0.4, 0.5) is 5.82 Å². The van der Waals surface area contributed by atoms with E-state index in [-0.39, 0.29) is 12.6 Å². The van der Waals surface area contributed by atoms with E-state index in [2.05, 4.69) is 21.2 Å². The van der Waals surface area contributed by atoms with E-state index in [0.717, 1.165) is 37.1 Å². The van der Waals surface area contributed by atoms with Crippen LogP contribution in [-0.2, 0) is 0 Å². The molecule has 0 aliphatic carbocycles. The van der Waals surface area contributed by atoms with Crippen molar-refractivity contribution < 1.29 is 5.11 Å². The van der Waals surface area contributed by atoms with Gasteiger partial charge in [0.1, 0.15) is 6.07 Å². The SMILES string of the molecule is Cc1ccccc1-n1nc(C#N)c(N2CCCCC2CCO)n1. The van der Waals surface area contributed by atoms with Crippen molar-refractivity contribution in [3.05, 3.63) is 35.5 Å². The van der Waals surface area contributed by atoms with Crippen LogP contribution in [0.3, 0.4) is 0 Å². The van der Waals surface area contributed by atoms with Gasteiger partial charge in [-0.25, -0.2) is 0 Å². The topological polar surface area (TPSA) is 78.0 Å². The smallest absolute Gasteiger partial charge is 0.207 e. The molecule has 2 heterocycles. The van der Waals surface area contributed by atoms with Gasteiger partial charge in [-0.15, -0.1) is 15.0 Å². The lowest BCUT2D eigenvalue weighted by Gasteiger charge is -2.35. The molecule has 23 heavy (non-hydrogen) atoms. The maximum absolute atomic E-state index is 9.45. The second kappa shape index (κ2) is 6.80. The molecule has 0 spiro atoms. The summed E-state index contributed by atoms with van der Waals surface area (Å²) in [6, 6.07) is 10.2. The molecule has 1 aromatic carbocycles. The molecule has 0 bridgehead atoms. The second-order valence-corrected chi connectivity index (χ2v) is 5.92. The van der Waals surface area contributed by atoms with E-state index in [1.165, 1.54) is 0 Å². The van der Waals surface area contributed by atoms with E-state index in [1.807, 2.05) is 31.2 Å². The lowest BCUT2D eigenvalue weighted by Crippen LogP contribution is -2.40. The van der Waals surface area contributed by atoms with E-state index >= 15 is 0 Å². The van der Waals surface area contributed by atoms with E-state index in [0.29, 0.717) is 17.9 Å². The highest BCUT2D eigenvalue weighted by molar-refractivity contribution is 5.52. The lowest BCUT2D eigenvalue weighted by atomic mass is 9.99. The first-order chi connectivity index (χ1) is 11.2. The first kappa shape index (κ1) is 15.5. The predicted octanol–water partition coefficient (Wildman–Crippen LogP) is 2.19. The standard InChI is InChI=1S/C17H21N5O/c1-13-6-2-3-8-16(13)22-19-15(12-18)17(20-22)21-10-5-4-7-14(21)9-11-23/h2-3,6,8,14,23H,4-5,7,9-11H2,1H3. The summed E-state index contributed by atoms with van der Waals surface area (Å²) in [6.07, 6.45) is 3.93. The number of anilines is 1. The minimum absolute atomic E-state index is 0.148. The van der Waals surface area contributed by atoms with Crippen molar-refractivity contribution in [1.29, 1.82) is 5.26 Å². The van der Waals surface area contributed by atoms with Crippen molar-refractivity contribution in [1.82, 2.24) is 15.0 Å². The minimum Gasteiger partial charge on any atom is -0.396 e. The number of para-hydroxylation sites is 1. The summed E-state index contributed by atoms with van der Waals surface area (Å²) < 4.78 is 0. The number of aliphatic hydroxyl groups is 1. The molecule has 1 aromatic heterocycles. The van der Waals surface area contributed by atoms with Crippen molar-refractivity contribution in [3.8, 4) is 11.8 Å². The van der Waals surface area contributed by atoms with Gasteiger partial charge in [0.05, 0.1) is 5.69 Å². The van der Waals surface area contributed by atoms with Gasteiger partial charge in [-0.05, 0) is 44.2 Å². The van der Waals surface area contributed by atoms with Gasteiger partial charge in [0.2, 0.25) is 5.69 Å². The number of hydrogen-bond acceptors (Lipinski definition) is 5. The second-order valence-electron chi connectivity index (χ2n) is 5.92. The molecule has 1 fully saturated rings. The Morgan fingerprint density at radius 3 is 2.87 bits per heavy atom. The Hall–Kier alpha value is -2.39. The number of piperidine rings is 1. The number of aromatic nitrogens is 3. The molecule has 1 atom stereocenters. The van der Waals surface area contributed by atoms with Crippen LogP contribution in [-0.4, -0.2) is 39.3 Å². The molecule has 1 aliphatic heterocycles. The Bertz CT molecular complexity index is 716. The fraction of sp³-hybridized carbons (Fsp3) is 0.471. The van der Waals surface area contributed by atoms with Gasteiger partial charge in [-0.2, -0.15) is 5.26 Å². The molecule has 6 nitrogen and oxygen atoms in total. The van der Waals surface area contributed by atoms with E-state index in [9.17, 15) is 10.4 Å². The number of nitriles is 1. The highest BCUT2D eigenvalue weighted by Crippen LogP contribution is 2.27. The molecule has 0 radical (unpaired) electrons. The Balaban J connectivity index is 1.99. The molecule has 3 rings (SSSR count). The first-order valence-corrected chi connectivity index (χ1v) is 8.05. The Morgan fingerprint density at radius 1 is 1.30 bits per heavy atom. The summed E-state index contributed by atoms with van der Waals surface area (Å²) in [5.74, 6) is 0.633. The van der Waals surface area contributed by atoms with Gasteiger partial charge in [0.25, 0.3) is 0 Å². The molecule has 0 saturated carbocycles. The van der Waals surface area contributed by atoms with Crippen molar-refractivity contribution >= 4 is 5.82 Å². The summed E-state index contributed by atoms with van der Waals surface area (Å²) in [5.41, 5.74) is 2.29. The molecule has 1 N–H and O–H groups in total. The molecule has 1 aliphatic rings.